The van der Waals surface area contributed by atoms with Crippen molar-refractivity contribution in [2.45, 2.75) is 33.1 Å². The summed E-state index contributed by atoms with van der Waals surface area (Å²) in [7, 11) is 0. The van der Waals surface area contributed by atoms with Crippen LogP contribution in [0.25, 0.3) is 0 Å². The highest BCUT2D eigenvalue weighted by Crippen LogP contribution is 2.36. The number of carbonyl (C=O) groups excluding carboxylic acids is 2. The quantitative estimate of drug-likeness (QED) is 0.726. The molecule has 0 aliphatic rings. The molecule has 1 aromatic carbocycles. The van der Waals surface area contributed by atoms with Crippen LogP contribution in [0, 0.1) is 0 Å². The number of anilines is 1. The van der Waals surface area contributed by atoms with E-state index < -0.39 is 28.6 Å². The van der Waals surface area contributed by atoms with E-state index in [1.165, 1.54) is 19.1 Å². The number of thiazole rings is 1. The summed E-state index contributed by atoms with van der Waals surface area (Å²) in [6.45, 7) is 5.09. The van der Waals surface area contributed by atoms with E-state index in [1.54, 1.807) is 12.1 Å². The number of rotatable bonds is 6. The number of aromatic nitrogens is 1. The van der Waals surface area contributed by atoms with Crippen LogP contribution in [0.3, 0.4) is 0 Å². The number of nitrogens with zero attached hydrogens (tertiary/aromatic N) is 1. The minimum absolute atomic E-state index is 0.0397. The molecule has 0 fully saturated rings. The highest BCUT2D eigenvalue weighted by molar-refractivity contribution is 7.17. The molecule has 0 atom stereocenters. The molecule has 0 aliphatic heterocycles. The maximum absolute atomic E-state index is 13.1. The molecule has 1 amide bonds. The van der Waals surface area contributed by atoms with Gasteiger partial charge >= 0.3 is 12.1 Å². The molecule has 2 aromatic rings. The fraction of sp³-hybridized carbons (Fsp3) is 0.353. The van der Waals surface area contributed by atoms with Gasteiger partial charge in [0.1, 0.15) is 10.6 Å². The van der Waals surface area contributed by atoms with Gasteiger partial charge in [-0.05, 0) is 45.0 Å². The zero-order valence-electron chi connectivity index (χ0n) is 14.7. The normalized spacial score (nSPS) is 11.4. The van der Waals surface area contributed by atoms with E-state index in [2.05, 4.69) is 15.0 Å². The number of carbonyl (C=O) groups is 2. The molecular weight excluding hydrogens is 385 g/mol. The average Bonchev–Trinajstić information content (AvgIpc) is 2.99. The summed E-state index contributed by atoms with van der Waals surface area (Å²) >= 11 is 0.407. The number of nitrogens with one attached hydrogen (secondary N) is 1. The largest absolute Gasteiger partial charge is 0.491 e. The molecule has 2 rings (SSSR count). The van der Waals surface area contributed by atoms with Gasteiger partial charge in [-0.2, -0.15) is 13.2 Å². The van der Waals surface area contributed by atoms with E-state index >= 15 is 0 Å². The third-order valence-electron chi connectivity index (χ3n) is 3.07. The zero-order chi connectivity index (χ0) is 20.2. The minimum atomic E-state index is -4.85. The van der Waals surface area contributed by atoms with Crippen molar-refractivity contribution in [3.05, 3.63) is 40.4 Å². The Morgan fingerprint density at radius 2 is 1.85 bits per heavy atom. The molecule has 1 N–H and O–H groups in total. The van der Waals surface area contributed by atoms with Crippen molar-refractivity contribution in [2.24, 2.45) is 0 Å². The van der Waals surface area contributed by atoms with E-state index in [0.717, 1.165) is 0 Å². The Bertz CT molecular complexity index is 817. The van der Waals surface area contributed by atoms with E-state index in [-0.39, 0.29) is 23.4 Å². The number of esters is 1. The Kier molecular flexibility index (Phi) is 6.42. The first-order chi connectivity index (χ1) is 12.6. The molecule has 1 aromatic heterocycles. The van der Waals surface area contributed by atoms with Gasteiger partial charge in [-0.1, -0.05) is 11.3 Å². The van der Waals surface area contributed by atoms with Crippen molar-refractivity contribution < 1.29 is 32.2 Å². The number of hydrogen-bond donors (Lipinski definition) is 1. The zero-order valence-corrected chi connectivity index (χ0v) is 15.5. The lowest BCUT2D eigenvalue weighted by molar-refractivity contribution is -0.141. The predicted molar refractivity (Wildman–Crippen MR) is 93.2 cm³/mol. The number of benzene rings is 1. The Morgan fingerprint density at radius 1 is 1.22 bits per heavy atom. The topological polar surface area (TPSA) is 77.5 Å². The number of alkyl halides is 3. The van der Waals surface area contributed by atoms with E-state index in [0.29, 0.717) is 17.1 Å². The van der Waals surface area contributed by atoms with Gasteiger partial charge in [0.2, 0.25) is 0 Å². The van der Waals surface area contributed by atoms with Crippen LogP contribution in [0.15, 0.2) is 24.3 Å². The summed E-state index contributed by atoms with van der Waals surface area (Å²) in [4.78, 5) is 26.6. The molecule has 0 spiro atoms. The maximum atomic E-state index is 13.1. The molecule has 0 saturated carbocycles. The van der Waals surface area contributed by atoms with Crippen molar-refractivity contribution in [3.63, 3.8) is 0 Å². The van der Waals surface area contributed by atoms with Gasteiger partial charge in [-0.15, -0.1) is 0 Å². The van der Waals surface area contributed by atoms with Crippen LogP contribution in [-0.2, 0) is 10.9 Å². The van der Waals surface area contributed by atoms with Crippen LogP contribution >= 0.6 is 11.3 Å². The molecule has 0 unspecified atom stereocenters. The van der Waals surface area contributed by atoms with Crippen LogP contribution in [-0.4, -0.2) is 29.6 Å². The molecule has 6 nitrogen and oxygen atoms in total. The van der Waals surface area contributed by atoms with Crippen LogP contribution in [0.1, 0.15) is 46.5 Å². The SMILES string of the molecule is CCOC(=O)c1sc(NC(=O)c2ccc(OC(C)C)cc2)nc1C(F)(F)F. The molecule has 0 bridgehead atoms. The molecule has 1 heterocycles. The van der Waals surface area contributed by atoms with Gasteiger partial charge in [-0.25, -0.2) is 9.78 Å². The lowest BCUT2D eigenvalue weighted by atomic mass is 10.2. The molecule has 0 aliphatic carbocycles. The first-order valence-corrected chi connectivity index (χ1v) is 8.76. The first-order valence-electron chi connectivity index (χ1n) is 7.95. The van der Waals surface area contributed by atoms with E-state index in [1.807, 2.05) is 13.8 Å². The summed E-state index contributed by atoms with van der Waals surface area (Å²) in [5.41, 5.74) is -1.19. The standard InChI is InChI=1S/C17H17F3N2O4S/c1-4-25-15(24)12-13(17(18,19)20)21-16(27-12)22-14(23)10-5-7-11(8-6-10)26-9(2)3/h5-9H,4H2,1-3H3,(H,21,22,23). The fourth-order valence-corrected chi connectivity index (χ4v) is 2.90. The van der Waals surface area contributed by atoms with E-state index in [4.69, 9.17) is 4.74 Å². The Labute approximate surface area is 157 Å². The molecule has 0 saturated heterocycles. The second-order valence-corrected chi connectivity index (χ2v) is 6.56. The van der Waals surface area contributed by atoms with Gasteiger partial charge < -0.3 is 9.47 Å². The Balaban J connectivity index is 2.21. The molecule has 27 heavy (non-hydrogen) atoms. The third-order valence-corrected chi connectivity index (χ3v) is 4.02. The third kappa shape index (κ3) is 5.43. The second kappa shape index (κ2) is 8.38. The monoisotopic (exact) mass is 402 g/mol. The van der Waals surface area contributed by atoms with Gasteiger partial charge in [-0.3, -0.25) is 10.1 Å². The Morgan fingerprint density at radius 3 is 2.37 bits per heavy atom. The van der Waals surface area contributed by atoms with Crippen LogP contribution in [0.2, 0.25) is 0 Å². The molecular formula is C17H17F3N2O4S. The molecule has 10 heteroatoms. The van der Waals surface area contributed by atoms with Crippen LogP contribution < -0.4 is 10.1 Å². The highest BCUT2D eigenvalue weighted by Gasteiger charge is 2.40. The van der Waals surface area contributed by atoms with Crippen molar-refractivity contribution >= 4 is 28.3 Å². The van der Waals surface area contributed by atoms with Gasteiger partial charge in [0.05, 0.1) is 12.7 Å². The molecule has 146 valence electrons. The number of ether oxygens (including phenoxy) is 2. The van der Waals surface area contributed by atoms with Crippen molar-refractivity contribution in [2.75, 3.05) is 11.9 Å². The van der Waals surface area contributed by atoms with Gasteiger partial charge in [0, 0.05) is 5.56 Å². The Hall–Kier alpha value is -2.62. The van der Waals surface area contributed by atoms with Crippen molar-refractivity contribution in [1.29, 1.82) is 0 Å². The number of amides is 1. The fourth-order valence-electron chi connectivity index (χ4n) is 2.03. The molecule has 0 radical (unpaired) electrons. The van der Waals surface area contributed by atoms with Crippen molar-refractivity contribution in [3.8, 4) is 5.75 Å². The second-order valence-electron chi connectivity index (χ2n) is 5.56. The highest BCUT2D eigenvalue weighted by atomic mass is 32.1. The first kappa shape index (κ1) is 20.7. The minimum Gasteiger partial charge on any atom is -0.491 e. The number of halogens is 3. The number of hydrogen-bond acceptors (Lipinski definition) is 6. The lowest BCUT2D eigenvalue weighted by Gasteiger charge is -2.09. The lowest BCUT2D eigenvalue weighted by Crippen LogP contribution is -2.14. The van der Waals surface area contributed by atoms with Crippen LogP contribution in [0.5, 0.6) is 5.75 Å². The predicted octanol–water partition coefficient (Wildman–Crippen LogP) is 4.38. The summed E-state index contributed by atoms with van der Waals surface area (Å²) in [5.74, 6) is -1.25. The summed E-state index contributed by atoms with van der Waals surface area (Å²) in [6, 6.07) is 6.08. The maximum Gasteiger partial charge on any atom is 0.435 e. The summed E-state index contributed by atoms with van der Waals surface area (Å²) in [6.07, 6.45) is -4.89. The van der Waals surface area contributed by atoms with Crippen LogP contribution in [0.4, 0.5) is 18.3 Å². The van der Waals surface area contributed by atoms with Gasteiger partial charge in [0.25, 0.3) is 5.91 Å². The van der Waals surface area contributed by atoms with Gasteiger partial charge in [0.15, 0.2) is 10.8 Å². The average molecular weight is 402 g/mol. The smallest absolute Gasteiger partial charge is 0.435 e. The summed E-state index contributed by atoms with van der Waals surface area (Å²) in [5, 5.41) is 1.92. The summed E-state index contributed by atoms with van der Waals surface area (Å²) < 4.78 is 49.3. The van der Waals surface area contributed by atoms with E-state index in [9.17, 15) is 22.8 Å². The van der Waals surface area contributed by atoms with Crippen molar-refractivity contribution in [1.82, 2.24) is 4.98 Å².